The van der Waals surface area contributed by atoms with Crippen LogP contribution in [0.3, 0.4) is 0 Å². The molecule has 0 aliphatic carbocycles. The molecule has 0 spiro atoms. The molecule has 31 heavy (non-hydrogen) atoms. The molecule has 2 aromatic heterocycles. The summed E-state index contributed by atoms with van der Waals surface area (Å²) in [5, 5.41) is 3.38. The number of para-hydroxylation sites is 1. The number of aromatic nitrogens is 3. The number of piperidine rings is 1. The maximum Gasteiger partial charge on any atom is 0.261 e. The first-order valence-corrected chi connectivity index (χ1v) is 10.8. The monoisotopic (exact) mass is 417 g/mol. The van der Waals surface area contributed by atoms with E-state index in [4.69, 9.17) is 0 Å². The van der Waals surface area contributed by atoms with E-state index in [-0.39, 0.29) is 23.3 Å². The van der Waals surface area contributed by atoms with Crippen molar-refractivity contribution in [2.45, 2.75) is 38.3 Å². The minimum absolute atomic E-state index is 0.00648. The van der Waals surface area contributed by atoms with E-state index in [1.54, 1.807) is 12.4 Å². The molecule has 4 heterocycles. The summed E-state index contributed by atoms with van der Waals surface area (Å²) in [6, 6.07) is 13.7. The van der Waals surface area contributed by atoms with Gasteiger partial charge in [-0.1, -0.05) is 18.2 Å². The van der Waals surface area contributed by atoms with Gasteiger partial charge in [0.15, 0.2) is 0 Å². The highest BCUT2D eigenvalue weighted by Crippen LogP contribution is 2.36. The van der Waals surface area contributed by atoms with Crippen LogP contribution in [0.1, 0.15) is 31.9 Å². The van der Waals surface area contributed by atoms with Gasteiger partial charge in [-0.25, -0.2) is 4.98 Å². The second kappa shape index (κ2) is 7.41. The number of benzene rings is 1. The second-order valence-electron chi connectivity index (χ2n) is 9.15. The number of carbonyl (C=O) groups excluding carboxylic acids is 1. The van der Waals surface area contributed by atoms with Crippen LogP contribution in [0.15, 0.2) is 59.7 Å². The number of hydrogen-bond donors (Lipinski definition) is 2. The third kappa shape index (κ3) is 3.54. The number of H-pyrrole nitrogens is 1. The minimum atomic E-state index is -0.712. The Bertz CT molecular complexity index is 1150. The van der Waals surface area contributed by atoms with Crippen molar-refractivity contribution < 1.29 is 4.79 Å². The van der Waals surface area contributed by atoms with Crippen molar-refractivity contribution in [1.82, 2.24) is 19.4 Å². The summed E-state index contributed by atoms with van der Waals surface area (Å²) in [4.78, 5) is 35.8. The number of fused-ring (bicyclic) bond motifs is 4. The summed E-state index contributed by atoms with van der Waals surface area (Å²) in [6.45, 7) is 5.80. The zero-order valence-electron chi connectivity index (χ0n) is 17.8. The summed E-state index contributed by atoms with van der Waals surface area (Å²) in [7, 11) is 0. The van der Waals surface area contributed by atoms with Crippen LogP contribution in [-0.4, -0.2) is 44.0 Å². The van der Waals surface area contributed by atoms with Crippen LogP contribution in [0, 0.1) is 5.92 Å². The first-order valence-electron chi connectivity index (χ1n) is 10.8. The number of carbonyl (C=O) groups is 1. The fraction of sp³-hybridized carbons (Fsp3) is 0.375. The van der Waals surface area contributed by atoms with Crippen LogP contribution in [0.4, 0.5) is 5.69 Å². The highest BCUT2D eigenvalue weighted by molar-refractivity contribution is 5.88. The normalized spacial score (nSPS) is 20.3. The van der Waals surface area contributed by atoms with Gasteiger partial charge in [-0.15, -0.1) is 0 Å². The van der Waals surface area contributed by atoms with Gasteiger partial charge in [0.05, 0.1) is 5.56 Å². The number of rotatable bonds is 4. The molecule has 1 fully saturated rings. The SMILES string of the molecule is CC(C)(Nc1ccccc1)C(=O)N1C[C@@H]2C[C@H](C1)c1ccc(-c3ncc[nH]3)c(=O)n1C2. The molecule has 0 radical (unpaired) electrons. The smallest absolute Gasteiger partial charge is 0.261 e. The number of pyridine rings is 1. The van der Waals surface area contributed by atoms with Gasteiger partial charge in [-0.05, 0) is 50.5 Å². The number of nitrogens with zero attached hydrogens (tertiary/aromatic N) is 3. The fourth-order valence-corrected chi connectivity index (χ4v) is 5.04. The Labute approximate surface area is 181 Å². The second-order valence-corrected chi connectivity index (χ2v) is 9.15. The maximum atomic E-state index is 13.4. The van der Waals surface area contributed by atoms with Crippen LogP contribution in [-0.2, 0) is 11.3 Å². The lowest BCUT2D eigenvalue weighted by atomic mass is 9.82. The molecule has 1 aromatic carbocycles. The Morgan fingerprint density at radius 2 is 1.94 bits per heavy atom. The molecule has 7 heteroatoms. The van der Waals surface area contributed by atoms with Crippen LogP contribution in [0.25, 0.3) is 11.4 Å². The van der Waals surface area contributed by atoms with E-state index < -0.39 is 5.54 Å². The van der Waals surface area contributed by atoms with Crippen molar-refractivity contribution in [2.24, 2.45) is 5.92 Å². The largest absolute Gasteiger partial charge is 0.372 e. The molecule has 2 N–H and O–H groups in total. The third-order valence-electron chi connectivity index (χ3n) is 6.41. The molecule has 1 saturated heterocycles. The topological polar surface area (TPSA) is 83.0 Å². The Kier molecular flexibility index (Phi) is 4.68. The van der Waals surface area contributed by atoms with Gasteiger partial charge >= 0.3 is 0 Å². The Balaban J connectivity index is 1.39. The Morgan fingerprint density at radius 3 is 2.68 bits per heavy atom. The quantitative estimate of drug-likeness (QED) is 0.683. The molecule has 2 atom stereocenters. The standard InChI is InChI=1S/C24H27N5O2/c1-24(2,27-18-6-4-3-5-7-18)23(31)28-13-16-12-17(15-28)20-9-8-19(21-25-10-11-26-21)22(30)29(20)14-16/h3-11,16-17,27H,12-15H2,1-2H3,(H,25,26)/t16-,17+/m0/s1. The number of likely N-dealkylation sites (tertiary alicyclic amines) is 1. The van der Waals surface area contributed by atoms with E-state index in [0.29, 0.717) is 31.0 Å². The molecule has 2 aliphatic heterocycles. The van der Waals surface area contributed by atoms with E-state index in [1.165, 1.54) is 0 Å². The van der Waals surface area contributed by atoms with Gasteiger partial charge in [0, 0.05) is 49.3 Å². The minimum Gasteiger partial charge on any atom is -0.372 e. The molecular weight excluding hydrogens is 390 g/mol. The molecule has 5 rings (SSSR count). The number of nitrogens with one attached hydrogen (secondary N) is 2. The highest BCUT2D eigenvalue weighted by Gasteiger charge is 2.40. The summed E-state index contributed by atoms with van der Waals surface area (Å²) >= 11 is 0. The molecule has 0 saturated carbocycles. The summed E-state index contributed by atoms with van der Waals surface area (Å²) in [5.74, 6) is 1.13. The summed E-state index contributed by atoms with van der Waals surface area (Å²) < 4.78 is 1.89. The Hall–Kier alpha value is -3.35. The van der Waals surface area contributed by atoms with E-state index in [9.17, 15) is 9.59 Å². The predicted octanol–water partition coefficient (Wildman–Crippen LogP) is 3.07. The third-order valence-corrected chi connectivity index (χ3v) is 6.41. The molecule has 2 aliphatic rings. The van der Waals surface area contributed by atoms with E-state index >= 15 is 0 Å². The van der Waals surface area contributed by atoms with E-state index in [1.807, 2.05) is 65.8 Å². The van der Waals surface area contributed by atoms with Crippen molar-refractivity contribution in [3.63, 3.8) is 0 Å². The number of hydrogen-bond acceptors (Lipinski definition) is 4. The van der Waals surface area contributed by atoms with Gasteiger partial charge in [-0.3, -0.25) is 9.59 Å². The average Bonchev–Trinajstić information content (AvgIpc) is 3.29. The molecule has 160 valence electrons. The first kappa shape index (κ1) is 19.6. The highest BCUT2D eigenvalue weighted by atomic mass is 16.2. The van der Waals surface area contributed by atoms with E-state index in [0.717, 1.165) is 17.8 Å². The van der Waals surface area contributed by atoms with Gasteiger partial charge in [0.1, 0.15) is 11.4 Å². The average molecular weight is 418 g/mol. The van der Waals surface area contributed by atoms with Crippen molar-refractivity contribution in [1.29, 1.82) is 0 Å². The molecule has 2 bridgehead atoms. The van der Waals surface area contributed by atoms with Crippen LogP contribution < -0.4 is 10.9 Å². The summed E-state index contributed by atoms with van der Waals surface area (Å²) in [6.07, 6.45) is 4.39. The number of amides is 1. The number of imidazole rings is 1. The van der Waals surface area contributed by atoms with Crippen molar-refractivity contribution in [2.75, 3.05) is 18.4 Å². The number of aromatic amines is 1. The maximum absolute atomic E-state index is 13.4. The lowest BCUT2D eigenvalue weighted by molar-refractivity contribution is -0.137. The molecule has 0 unspecified atom stereocenters. The van der Waals surface area contributed by atoms with Gasteiger partial charge in [0.25, 0.3) is 5.56 Å². The molecule has 3 aromatic rings. The van der Waals surface area contributed by atoms with Crippen molar-refractivity contribution >= 4 is 11.6 Å². The summed E-state index contributed by atoms with van der Waals surface area (Å²) in [5.41, 5.74) is 1.82. The van der Waals surface area contributed by atoms with Crippen LogP contribution >= 0.6 is 0 Å². The molecule has 7 nitrogen and oxygen atoms in total. The van der Waals surface area contributed by atoms with Crippen molar-refractivity contribution in [3.8, 4) is 11.4 Å². The zero-order chi connectivity index (χ0) is 21.6. The van der Waals surface area contributed by atoms with Crippen LogP contribution in [0.5, 0.6) is 0 Å². The molecular formula is C24H27N5O2. The van der Waals surface area contributed by atoms with E-state index in [2.05, 4.69) is 15.3 Å². The fourth-order valence-electron chi connectivity index (χ4n) is 5.04. The number of anilines is 1. The predicted molar refractivity (Wildman–Crippen MR) is 120 cm³/mol. The van der Waals surface area contributed by atoms with Gasteiger partial charge in [-0.2, -0.15) is 0 Å². The van der Waals surface area contributed by atoms with Gasteiger partial charge < -0.3 is 19.8 Å². The lowest BCUT2D eigenvalue weighted by Crippen LogP contribution is -2.56. The zero-order valence-corrected chi connectivity index (χ0v) is 17.8. The first-order chi connectivity index (χ1) is 14.9. The lowest BCUT2D eigenvalue weighted by Gasteiger charge is -2.45. The van der Waals surface area contributed by atoms with Crippen LogP contribution in [0.2, 0.25) is 0 Å². The Morgan fingerprint density at radius 1 is 1.13 bits per heavy atom. The molecule has 1 amide bonds. The van der Waals surface area contributed by atoms with Gasteiger partial charge in [0.2, 0.25) is 5.91 Å². The van der Waals surface area contributed by atoms with Crippen molar-refractivity contribution in [3.05, 3.63) is 70.9 Å².